The maximum atomic E-state index is 12.2. The first kappa shape index (κ1) is 15.5. The molecule has 0 bridgehead atoms. The standard InChI is InChI=1S/C15H30N2O/c1-3-11-17(12-14-5-6-14)15(18)8-7-13(4-2)9-10-16/h13-14H,3-12,16H2,1-2H3. The lowest BCUT2D eigenvalue weighted by Crippen LogP contribution is -2.33. The smallest absolute Gasteiger partial charge is 0.222 e. The van der Waals surface area contributed by atoms with E-state index in [1.807, 2.05) is 0 Å². The molecule has 0 spiro atoms. The van der Waals surface area contributed by atoms with E-state index >= 15 is 0 Å². The van der Waals surface area contributed by atoms with E-state index in [4.69, 9.17) is 5.73 Å². The molecular weight excluding hydrogens is 224 g/mol. The van der Waals surface area contributed by atoms with Gasteiger partial charge in [0.25, 0.3) is 0 Å². The van der Waals surface area contributed by atoms with Gasteiger partial charge in [-0.2, -0.15) is 0 Å². The zero-order valence-electron chi connectivity index (χ0n) is 12.2. The predicted octanol–water partition coefficient (Wildman–Crippen LogP) is 2.79. The van der Waals surface area contributed by atoms with Crippen molar-refractivity contribution in [3.05, 3.63) is 0 Å². The first-order valence-corrected chi connectivity index (χ1v) is 7.69. The molecule has 1 unspecified atom stereocenters. The lowest BCUT2D eigenvalue weighted by Gasteiger charge is -2.23. The van der Waals surface area contributed by atoms with Gasteiger partial charge in [-0.05, 0) is 50.5 Å². The van der Waals surface area contributed by atoms with Crippen molar-refractivity contribution < 1.29 is 4.79 Å². The number of nitrogens with zero attached hydrogens (tertiary/aromatic N) is 1. The lowest BCUT2D eigenvalue weighted by molar-refractivity contribution is -0.131. The highest BCUT2D eigenvalue weighted by Crippen LogP contribution is 2.30. The van der Waals surface area contributed by atoms with Crippen LogP contribution in [0.25, 0.3) is 0 Å². The van der Waals surface area contributed by atoms with Gasteiger partial charge in [0, 0.05) is 19.5 Å². The van der Waals surface area contributed by atoms with Gasteiger partial charge >= 0.3 is 0 Å². The summed E-state index contributed by atoms with van der Waals surface area (Å²) in [5.74, 6) is 1.79. The molecule has 0 heterocycles. The highest BCUT2D eigenvalue weighted by atomic mass is 16.2. The molecule has 1 atom stereocenters. The zero-order valence-corrected chi connectivity index (χ0v) is 12.2. The van der Waals surface area contributed by atoms with Gasteiger partial charge in [0.05, 0.1) is 0 Å². The molecule has 0 aromatic heterocycles. The highest BCUT2D eigenvalue weighted by Gasteiger charge is 2.26. The molecule has 3 heteroatoms. The van der Waals surface area contributed by atoms with Crippen LogP contribution in [0.2, 0.25) is 0 Å². The molecule has 1 saturated carbocycles. The van der Waals surface area contributed by atoms with E-state index in [9.17, 15) is 4.79 Å². The van der Waals surface area contributed by atoms with Gasteiger partial charge in [-0.15, -0.1) is 0 Å². The van der Waals surface area contributed by atoms with E-state index in [1.165, 1.54) is 12.8 Å². The first-order chi connectivity index (χ1) is 8.71. The molecule has 18 heavy (non-hydrogen) atoms. The summed E-state index contributed by atoms with van der Waals surface area (Å²) < 4.78 is 0. The van der Waals surface area contributed by atoms with Crippen LogP contribution in [0.5, 0.6) is 0 Å². The average Bonchev–Trinajstić information content (AvgIpc) is 3.17. The maximum absolute atomic E-state index is 12.2. The van der Waals surface area contributed by atoms with Crippen molar-refractivity contribution >= 4 is 5.91 Å². The minimum Gasteiger partial charge on any atom is -0.342 e. The van der Waals surface area contributed by atoms with Crippen molar-refractivity contribution in [2.75, 3.05) is 19.6 Å². The molecule has 1 aliphatic rings. The molecule has 1 amide bonds. The zero-order chi connectivity index (χ0) is 13.4. The van der Waals surface area contributed by atoms with Gasteiger partial charge in [0.1, 0.15) is 0 Å². The van der Waals surface area contributed by atoms with Crippen LogP contribution in [0.15, 0.2) is 0 Å². The first-order valence-electron chi connectivity index (χ1n) is 7.69. The third-order valence-corrected chi connectivity index (χ3v) is 3.94. The minimum absolute atomic E-state index is 0.360. The highest BCUT2D eigenvalue weighted by molar-refractivity contribution is 5.76. The van der Waals surface area contributed by atoms with Crippen molar-refractivity contribution in [3.63, 3.8) is 0 Å². The third kappa shape index (κ3) is 5.85. The number of nitrogens with two attached hydrogens (primary N) is 1. The Labute approximate surface area is 112 Å². The Morgan fingerprint density at radius 2 is 2.06 bits per heavy atom. The summed E-state index contributed by atoms with van der Waals surface area (Å²) in [5, 5.41) is 0. The molecule has 106 valence electrons. The molecule has 0 aliphatic heterocycles. The fourth-order valence-corrected chi connectivity index (χ4v) is 2.47. The van der Waals surface area contributed by atoms with Crippen LogP contribution >= 0.6 is 0 Å². The van der Waals surface area contributed by atoms with Gasteiger partial charge in [-0.25, -0.2) is 0 Å². The van der Waals surface area contributed by atoms with Gasteiger partial charge in [-0.3, -0.25) is 4.79 Å². The van der Waals surface area contributed by atoms with Gasteiger partial charge in [-0.1, -0.05) is 20.3 Å². The molecule has 3 nitrogen and oxygen atoms in total. The number of rotatable bonds is 10. The molecule has 0 aromatic carbocycles. The van der Waals surface area contributed by atoms with Crippen LogP contribution in [0.4, 0.5) is 0 Å². The Bertz CT molecular complexity index is 239. The summed E-state index contributed by atoms with van der Waals surface area (Å²) in [7, 11) is 0. The van der Waals surface area contributed by atoms with E-state index in [2.05, 4.69) is 18.7 Å². The topological polar surface area (TPSA) is 46.3 Å². The largest absolute Gasteiger partial charge is 0.342 e. The van der Waals surface area contributed by atoms with Crippen LogP contribution in [0.3, 0.4) is 0 Å². The van der Waals surface area contributed by atoms with Crippen molar-refractivity contribution in [1.29, 1.82) is 0 Å². The van der Waals surface area contributed by atoms with Crippen LogP contribution < -0.4 is 5.73 Å². The van der Waals surface area contributed by atoms with Crippen molar-refractivity contribution in [3.8, 4) is 0 Å². The number of carbonyl (C=O) groups excluding carboxylic acids is 1. The molecule has 1 rings (SSSR count). The van der Waals surface area contributed by atoms with Gasteiger partial charge < -0.3 is 10.6 Å². The minimum atomic E-state index is 0.360. The molecule has 1 fully saturated rings. The van der Waals surface area contributed by atoms with E-state index < -0.39 is 0 Å². The Morgan fingerprint density at radius 3 is 2.56 bits per heavy atom. The molecule has 0 aromatic rings. The normalized spacial score (nSPS) is 16.6. The monoisotopic (exact) mass is 254 g/mol. The summed E-state index contributed by atoms with van der Waals surface area (Å²) in [6.45, 7) is 7.02. The number of hydrogen-bond donors (Lipinski definition) is 1. The Kier molecular flexibility index (Phi) is 7.33. The third-order valence-electron chi connectivity index (χ3n) is 3.94. The number of hydrogen-bond acceptors (Lipinski definition) is 2. The van der Waals surface area contributed by atoms with Crippen molar-refractivity contribution in [2.24, 2.45) is 17.6 Å². The van der Waals surface area contributed by atoms with Crippen LogP contribution in [0, 0.1) is 11.8 Å². The summed E-state index contributed by atoms with van der Waals surface area (Å²) >= 11 is 0. The maximum Gasteiger partial charge on any atom is 0.222 e. The van der Waals surface area contributed by atoms with Gasteiger partial charge in [0.15, 0.2) is 0 Å². The molecule has 1 aliphatic carbocycles. The summed E-state index contributed by atoms with van der Waals surface area (Å²) in [6.07, 6.45) is 7.62. The second-order valence-electron chi connectivity index (χ2n) is 5.67. The Hall–Kier alpha value is -0.570. The van der Waals surface area contributed by atoms with Crippen LogP contribution in [-0.2, 0) is 4.79 Å². The van der Waals surface area contributed by atoms with Gasteiger partial charge in [0.2, 0.25) is 5.91 Å². The summed E-state index contributed by atoms with van der Waals surface area (Å²) in [6, 6.07) is 0. The number of amides is 1. The molecule has 0 radical (unpaired) electrons. The Balaban J connectivity index is 2.29. The molecule has 0 saturated heterocycles. The summed E-state index contributed by atoms with van der Waals surface area (Å²) in [4.78, 5) is 14.3. The fourth-order valence-electron chi connectivity index (χ4n) is 2.47. The average molecular weight is 254 g/mol. The van der Waals surface area contributed by atoms with E-state index in [0.717, 1.165) is 51.2 Å². The van der Waals surface area contributed by atoms with E-state index in [1.54, 1.807) is 0 Å². The SMILES string of the molecule is CCCN(CC1CC1)C(=O)CCC(CC)CCN. The summed E-state index contributed by atoms with van der Waals surface area (Å²) in [5.41, 5.74) is 5.60. The van der Waals surface area contributed by atoms with E-state index in [0.29, 0.717) is 18.2 Å². The number of carbonyl (C=O) groups is 1. The lowest BCUT2D eigenvalue weighted by atomic mass is 9.96. The predicted molar refractivity (Wildman–Crippen MR) is 76.3 cm³/mol. The van der Waals surface area contributed by atoms with E-state index in [-0.39, 0.29) is 0 Å². The molecule has 2 N–H and O–H groups in total. The van der Waals surface area contributed by atoms with Crippen LogP contribution in [-0.4, -0.2) is 30.4 Å². The van der Waals surface area contributed by atoms with Crippen molar-refractivity contribution in [1.82, 2.24) is 4.90 Å². The second kappa shape index (κ2) is 8.52. The van der Waals surface area contributed by atoms with Crippen LogP contribution in [0.1, 0.15) is 58.8 Å². The fraction of sp³-hybridized carbons (Fsp3) is 0.933. The quantitative estimate of drug-likeness (QED) is 0.651. The molecular formula is C15H30N2O. The second-order valence-corrected chi connectivity index (χ2v) is 5.67. The Morgan fingerprint density at radius 1 is 1.33 bits per heavy atom. The van der Waals surface area contributed by atoms with Crippen molar-refractivity contribution in [2.45, 2.75) is 58.8 Å².